The summed E-state index contributed by atoms with van der Waals surface area (Å²) >= 11 is 0. The number of imidazole rings is 1. The number of amides is 1. The molecular weight excluding hydrogens is 316 g/mol. The molecule has 0 unspecified atom stereocenters. The molecule has 1 amide bonds. The second kappa shape index (κ2) is 7.03. The van der Waals surface area contributed by atoms with E-state index in [1.807, 2.05) is 36.4 Å². The third-order valence-corrected chi connectivity index (χ3v) is 4.51. The lowest BCUT2D eigenvalue weighted by Gasteiger charge is -2.21. The molecule has 0 saturated carbocycles. The van der Waals surface area contributed by atoms with Gasteiger partial charge < -0.3 is 15.0 Å². The zero-order valence-corrected chi connectivity index (χ0v) is 13.9. The molecule has 3 aromatic rings. The maximum absolute atomic E-state index is 12.1. The van der Waals surface area contributed by atoms with Gasteiger partial charge in [-0.3, -0.25) is 4.79 Å². The number of fused-ring (bicyclic) bond motifs is 1. The van der Waals surface area contributed by atoms with Crippen molar-refractivity contribution in [2.75, 3.05) is 18.5 Å². The molecule has 1 saturated heterocycles. The van der Waals surface area contributed by atoms with Crippen LogP contribution < -0.4 is 5.32 Å². The Morgan fingerprint density at radius 2 is 2.04 bits per heavy atom. The second-order valence-electron chi connectivity index (χ2n) is 6.34. The first-order chi connectivity index (χ1) is 12.3. The molecular formula is C19H20N4O2. The number of ether oxygens (including phenoxy) is 1. The van der Waals surface area contributed by atoms with Crippen LogP contribution in [0.15, 0.2) is 42.6 Å². The number of aromatic nitrogens is 3. The van der Waals surface area contributed by atoms with E-state index in [1.54, 1.807) is 6.20 Å². The van der Waals surface area contributed by atoms with Crippen LogP contribution in [0, 0.1) is 5.92 Å². The van der Waals surface area contributed by atoms with Crippen molar-refractivity contribution in [2.24, 2.45) is 5.92 Å². The summed E-state index contributed by atoms with van der Waals surface area (Å²) in [5, 5.41) is 2.87. The highest BCUT2D eigenvalue weighted by molar-refractivity contribution is 5.90. The van der Waals surface area contributed by atoms with E-state index in [-0.39, 0.29) is 5.91 Å². The number of para-hydroxylation sites is 2. The highest BCUT2D eigenvalue weighted by Crippen LogP contribution is 2.22. The van der Waals surface area contributed by atoms with Crippen LogP contribution in [0.5, 0.6) is 0 Å². The first-order valence-electron chi connectivity index (χ1n) is 8.57. The Bertz CT molecular complexity index is 834. The van der Waals surface area contributed by atoms with Crippen molar-refractivity contribution in [2.45, 2.75) is 19.3 Å². The first kappa shape index (κ1) is 15.8. The van der Waals surface area contributed by atoms with Gasteiger partial charge in [-0.15, -0.1) is 0 Å². The molecule has 0 radical (unpaired) electrons. The third kappa shape index (κ3) is 3.69. The topological polar surface area (TPSA) is 79.9 Å². The highest BCUT2D eigenvalue weighted by Gasteiger charge is 2.17. The maximum atomic E-state index is 12.1. The number of carbonyl (C=O) groups is 1. The average molecular weight is 336 g/mol. The highest BCUT2D eigenvalue weighted by atomic mass is 16.5. The summed E-state index contributed by atoms with van der Waals surface area (Å²) in [5.41, 5.74) is 2.80. The van der Waals surface area contributed by atoms with E-state index in [9.17, 15) is 4.79 Å². The molecule has 1 aliphatic rings. The molecule has 2 N–H and O–H groups in total. The Hall–Kier alpha value is -2.73. The number of H-pyrrole nitrogens is 1. The molecule has 4 rings (SSSR count). The number of carbonyl (C=O) groups excluding carboxylic acids is 1. The largest absolute Gasteiger partial charge is 0.381 e. The molecule has 0 bridgehead atoms. The van der Waals surface area contributed by atoms with Gasteiger partial charge in [0.15, 0.2) is 0 Å². The molecule has 0 atom stereocenters. The zero-order chi connectivity index (χ0) is 17.1. The van der Waals surface area contributed by atoms with E-state index in [0.29, 0.717) is 18.2 Å². The van der Waals surface area contributed by atoms with Crippen molar-refractivity contribution in [3.05, 3.63) is 42.6 Å². The van der Waals surface area contributed by atoms with Crippen LogP contribution in [0.4, 0.5) is 5.82 Å². The molecule has 6 heteroatoms. The number of pyridine rings is 1. The number of rotatable bonds is 4. The van der Waals surface area contributed by atoms with Gasteiger partial charge in [-0.1, -0.05) is 12.1 Å². The Labute approximate surface area is 145 Å². The third-order valence-electron chi connectivity index (χ3n) is 4.51. The quantitative estimate of drug-likeness (QED) is 0.765. The minimum absolute atomic E-state index is 0.0101. The number of benzene rings is 1. The van der Waals surface area contributed by atoms with E-state index < -0.39 is 0 Å². The predicted molar refractivity (Wildman–Crippen MR) is 96.1 cm³/mol. The van der Waals surface area contributed by atoms with Crippen LogP contribution in [-0.2, 0) is 9.53 Å². The minimum Gasteiger partial charge on any atom is -0.381 e. The van der Waals surface area contributed by atoms with Crippen molar-refractivity contribution < 1.29 is 9.53 Å². The SMILES string of the molecule is O=C(CC1CCOCC1)Nc1ccc(-c2nc3ccccc3[nH]2)cn1. The Kier molecular flexibility index (Phi) is 4.43. The summed E-state index contributed by atoms with van der Waals surface area (Å²) in [6.07, 6.45) is 4.15. The van der Waals surface area contributed by atoms with Crippen LogP contribution in [0.3, 0.4) is 0 Å². The second-order valence-corrected chi connectivity index (χ2v) is 6.34. The summed E-state index contributed by atoms with van der Waals surface area (Å²) < 4.78 is 5.32. The van der Waals surface area contributed by atoms with Gasteiger partial charge in [0, 0.05) is 31.4 Å². The lowest BCUT2D eigenvalue weighted by molar-refractivity contribution is -0.117. The molecule has 1 aliphatic heterocycles. The molecule has 1 fully saturated rings. The number of hydrogen-bond donors (Lipinski definition) is 2. The van der Waals surface area contributed by atoms with Gasteiger partial charge in [0.25, 0.3) is 0 Å². The molecule has 0 spiro atoms. The van der Waals surface area contributed by atoms with Gasteiger partial charge in [0.1, 0.15) is 11.6 Å². The molecule has 3 heterocycles. The van der Waals surface area contributed by atoms with E-state index >= 15 is 0 Å². The lowest BCUT2D eigenvalue weighted by Crippen LogP contribution is -2.22. The molecule has 6 nitrogen and oxygen atoms in total. The monoisotopic (exact) mass is 336 g/mol. The Morgan fingerprint density at radius 3 is 2.80 bits per heavy atom. The fourth-order valence-corrected chi connectivity index (χ4v) is 3.10. The number of hydrogen-bond acceptors (Lipinski definition) is 4. The van der Waals surface area contributed by atoms with Crippen LogP contribution in [-0.4, -0.2) is 34.1 Å². The fourth-order valence-electron chi connectivity index (χ4n) is 3.10. The number of anilines is 1. The summed E-state index contributed by atoms with van der Waals surface area (Å²) in [7, 11) is 0. The van der Waals surface area contributed by atoms with Gasteiger partial charge in [-0.25, -0.2) is 9.97 Å². The summed E-state index contributed by atoms with van der Waals surface area (Å²) in [5.74, 6) is 1.75. The minimum atomic E-state index is 0.0101. The predicted octanol–water partition coefficient (Wildman–Crippen LogP) is 3.38. The van der Waals surface area contributed by atoms with Crippen molar-refractivity contribution in [1.29, 1.82) is 0 Å². The number of aromatic amines is 1. The van der Waals surface area contributed by atoms with Crippen molar-refractivity contribution in [3.8, 4) is 11.4 Å². The Balaban J connectivity index is 1.41. The van der Waals surface area contributed by atoms with Crippen LogP contribution >= 0.6 is 0 Å². The van der Waals surface area contributed by atoms with Gasteiger partial charge in [0.2, 0.25) is 5.91 Å². The zero-order valence-electron chi connectivity index (χ0n) is 13.9. The van der Waals surface area contributed by atoms with Crippen molar-refractivity contribution in [3.63, 3.8) is 0 Å². The van der Waals surface area contributed by atoms with Crippen LogP contribution in [0.1, 0.15) is 19.3 Å². The first-order valence-corrected chi connectivity index (χ1v) is 8.57. The van der Waals surface area contributed by atoms with E-state index in [1.165, 1.54) is 0 Å². The molecule has 128 valence electrons. The van der Waals surface area contributed by atoms with Gasteiger partial charge in [0.05, 0.1) is 11.0 Å². The standard InChI is InChI=1S/C19H20N4O2/c24-18(11-13-7-9-25-10-8-13)23-17-6-5-14(12-20-17)19-21-15-3-1-2-4-16(15)22-19/h1-6,12-13H,7-11H2,(H,21,22)(H,20,23,24). The van der Waals surface area contributed by atoms with Crippen LogP contribution in [0.2, 0.25) is 0 Å². The lowest BCUT2D eigenvalue weighted by atomic mass is 9.96. The molecule has 2 aromatic heterocycles. The number of nitrogens with one attached hydrogen (secondary N) is 2. The summed E-state index contributed by atoms with van der Waals surface area (Å²) in [6, 6.07) is 11.6. The molecule has 0 aliphatic carbocycles. The maximum Gasteiger partial charge on any atom is 0.225 e. The van der Waals surface area contributed by atoms with Gasteiger partial charge in [-0.05, 0) is 43.0 Å². The van der Waals surface area contributed by atoms with E-state index in [0.717, 1.165) is 48.5 Å². The fraction of sp³-hybridized carbons (Fsp3) is 0.316. The number of nitrogens with zero attached hydrogens (tertiary/aromatic N) is 2. The summed E-state index contributed by atoms with van der Waals surface area (Å²) in [6.45, 7) is 1.50. The molecule has 25 heavy (non-hydrogen) atoms. The van der Waals surface area contributed by atoms with Gasteiger partial charge in [-0.2, -0.15) is 0 Å². The van der Waals surface area contributed by atoms with Gasteiger partial charge >= 0.3 is 0 Å². The normalized spacial score (nSPS) is 15.4. The van der Waals surface area contributed by atoms with Crippen LogP contribution in [0.25, 0.3) is 22.4 Å². The van der Waals surface area contributed by atoms with Crippen molar-refractivity contribution in [1.82, 2.24) is 15.0 Å². The van der Waals surface area contributed by atoms with E-state index in [4.69, 9.17) is 4.74 Å². The average Bonchev–Trinajstić information content (AvgIpc) is 3.07. The van der Waals surface area contributed by atoms with E-state index in [2.05, 4.69) is 20.3 Å². The molecule has 1 aromatic carbocycles. The smallest absolute Gasteiger partial charge is 0.225 e. The Morgan fingerprint density at radius 1 is 1.20 bits per heavy atom. The summed E-state index contributed by atoms with van der Waals surface area (Å²) in [4.78, 5) is 24.3. The van der Waals surface area contributed by atoms with Crippen molar-refractivity contribution >= 4 is 22.8 Å².